The first-order chi connectivity index (χ1) is 42.1. The molecule has 0 N–H and O–H groups in total. The molecule has 11 rings (SSSR count). The lowest BCUT2D eigenvalue weighted by atomic mass is 9.70. The van der Waals surface area contributed by atoms with Crippen LogP contribution in [0.3, 0.4) is 0 Å². The number of benzene rings is 8. The van der Waals surface area contributed by atoms with Gasteiger partial charge in [-0.2, -0.15) is 0 Å². The summed E-state index contributed by atoms with van der Waals surface area (Å²) < 4.78 is 134. The van der Waals surface area contributed by atoms with Crippen LogP contribution in [0, 0.1) is 60.4 Å². The fourth-order valence-corrected chi connectivity index (χ4v) is 15.2. The summed E-state index contributed by atoms with van der Waals surface area (Å²) in [6, 6.07) is 36.0. The second-order valence-corrected chi connectivity index (χ2v) is 27.7. The van der Waals surface area contributed by atoms with Gasteiger partial charge in [0.1, 0.15) is 0 Å². The highest BCUT2D eigenvalue weighted by Gasteiger charge is 2.52. The summed E-state index contributed by atoms with van der Waals surface area (Å²) in [5.41, 5.74) is 5.20. The number of rotatable bonds is 25. The van der Waals surface area contributed by atoms with Gasteiger partial charge in [0.15, 0.2) is 46.5 Å². The van der Waals surface area contributed by atoms with Crippen LogP contribution in [0.15, 0.2) is 121 Å². The normalized spacial score (nSPS) is 15.2. The van der Waals surface area contributed by atoms with Crippen LogP contribution >= 0.6 is 0 Å². The molecule has 460 valence electrons. The first-order valence-corrected chi connectivity index (χ1v) is 32.1. The third-order valence-electron chi connectivity index (χ3n) is 19.6. The van der Waals surface area contributed by atoms with E-state index < -0.39 is 79.6 Å². The fraction of sp³-hybridized carbons (Fsp3) is 0.385. The Morgan fingerprint density at radius 3 is 0.977 bits per heavy atom. The van der Waals surface area contributed by atoms with Crippen LogP contribution in [0.4, 0.5) is 35.1 Å². The van der Waals surface area contributed by atoms with E-state index in [4.69, 9.17) is 0 Å². The van der Waals surface area contributed by atoms with Crippen LogP contribution in [0.1, 0.15) is 160 Å². The summed E-state index contributed by atoms with van der Waals surface area (Å²) in [5, 5.41) is 0. The molecular formula is C78H84F8N2+2. The number of halogens is 8. The molecular weight excluding hydrogens is 1120 g/mol. The predicted molar refractivity (Wildman–Crippen MR) is 343 cm³/mol. The van der Waals surface area contributed by atoms with Gasteiger partial charge < -0.3 is 8.97 Å². The van der Waals surface area contributed by atoms with Crippen LogP contribution in [0.25, 0.3) is 66.8 Å². The Morgan fingerprint density at radius 2 is 0.591 bits per heavy atom. The third-order valence-corrected chi connectivity index (χ3v) is 19.6. The number of hydrogen-bond donors (Lipinski definition) is 0. The smallest absolute Gasteiger partial charge is 0.170 e. The molecule has 2 nitrogen and oxygen atoms in total. The summed E-state index contributed by atoms with van der Waals surface area (Å²) in [7, 11) is 13.4. The average Bonchev–Trinajstić information content (AvgIpc) is 1.56. The van der Waals surface area contributed by atoms with Crippen LogP contribution in [0.2, 0.25) is 0 Å². The van der Waals surface area contributed by atoms with Crippen molar-refractivity contribution in [3.8, 4) is 66.8 Å². The van der Waals surface area contributed by atoms with Crippen LogP contribution in [0.5, 0.6) is 0 Å². The molecule has 3 aliphatic carbocycles. The van der Waals surface area contributed by atoms with Crippen molar-refractivity contribution >= 4 is 0 Å². The molecule has 8 aromatic rings. The lowest BCUT2D eigenvalue weighted by molar-refractivity contribution is -0.870. The molecule has 0 bridgehead atoms. The SMILES string of the molecule is Cc1ccc2c(c1)C(CCCCCCCCCC[N+](C)(C)C)(CCCCCCCCCC[N+](C)(C)C)c1cc(-c3c(F)c(F)c(-c4ccc5c(c4)C4(c6ccccc6-c6ccc(-c7c(F)c(F)c(C)c(F)c7F)cc64)c4ccccc4-5)c(F)c3F)ccc1-2. The van der Waals surface area contributed by atoms with E-state index in [1.54, 1.807) is 24.3 Å². The molecule has 0 saturated carbocycles. The maximum absolute atomic E-state index is 17.5. The minimum absolute atomic E-state index is 0.0575. The maximum Gasteiger partial charge on any atom is 0.170 e. The molecule has 1 unspecified atom stereocenters. The van der Waals surface area contributed by atoms with Gasteiger partial charge in [0.25, 0.3) is 0 Å². The Kier molecular flexibility index (Phi) is 17.9. The van der Waals surface area contributed by atoms with E-state index in [2.05, 4.69) is 67.4 Å². The predicted octanol–water partition coefficient (Wildman–Crippen LogP) is 21.5. The van der Waals surface area contributed by atoms with Gasteiger partial charge in [0.05, 0.1) is 77.5 Å². The zero-order chi connectivity index (χ0) is 62.5. The molecule has 0 amide bonds. The molecule has 0 radical (unpaired) electrons. The van der Waals surface area contributed by atoms with Crippen molar-refractivity contribution in [3.05, 3.63) is 212 Å². The summed E-state index contributed by atoms with van der Waals surface area (Å²) >= 11 is 0. The fourth-order valence-electron chi connectivity index (χ4n) is 15.2. The Bertz CT molecular complexity index is 3830. The minimum Gasteiger partial charge on any atom is -0.331 e. The third kappa shape index (κ3) is 11.5. The molecule has 0 aliphatic heterocycles. The monoisotopic (exact) mass is 1200 g/mol. The molecule has 0 aromatic heterocycles. The first kappa shape index (κ1) is 62.7. The standard InChI is InChI=1S/C78H84F8N2/c1-49-33-37-56-57-38-34-51(46-63(57)77(62(56)45-49,41-25-17-13-9-11-15-19-27-43-87(3,4)5)42-26-18-14-10-12-16-20-28-44-88(6,7)8)67-73(83)75(85)68(76(86)74(67)84)53-36-40-59-55-30-22-24-32-61(55)78(65(59)48-53)60-31-23-21-29-54(60)58-39-35-52(47-64(58)78)66-71(81)69(79)50(2)70(80)72(66)82/h21-24,29-40,45-48H,9-20,25-28,41-44H2,1-8H3/q+2. The summed E-state index contributed by atoms with van der Waals surface area (Å²) in [6.45, 7) is 5.41. The highest BCUT2D eigenvalue weighted by molar-refractivity contribution is 5.97. The second kappa shape index (κ2) is 25.2. The van der Waals surface area contributed by atoms with E-state index in [1.807, 2.05) is 60.7 Å². The summed E-state index contributed by atoms with van der Waals surface area (Å²) in [4.78, 5) is 0. The Labute approximate surface area is 516 Å². The number of nitrogens with zero attached hydrogens (tertiary/aromatic N) is 2. The van der Waals surface area contributed by atoms with Gasteiger partial charge in [-0.15, -0.1) is 0 Å². The number of unbranched alkanes of at least 4 members (excludes halogenated alkanes) is 14. The summed E-state index contributed by atoms with van der Waals surface area (Å²) in [5.74, 6) is -12.2. The highest BCUT2D eigenvalue weighted by atomic mass is 19.2. The van der Waals surface area contributed by atoms with Gasteiger partial charge in [-0.05, 0) is 154 Å². The van der Waals surface area contributed by atoms with Gasteiger partial charge in [0, 0.05) is 11.0 Å². The average molecular weight is 1200 g/mol. The molecule has 0 heterocycles. The van der Waals surface area contributed by atoms with E-state index in [-0.39, 0.29) is 16.7 Å². The minimum atomic E-state index is -1.55. The highest BCUT2D eigenvalue weighted by Crippen LogP contribution is 2.64. The van der Waals surface area contributed by atoms with E-state index in [1.165, 1.54) is 101 Å². The zero-order valence-corrected chi connectivity index (χ0v) is 52.6. The number of fused-ring (bicyclic) bond motifs is 13. The lowest BCUT2D eigenvalue weighted by Gasteiger charge is -2.33. The van der Waals surface area contributed by atoms with Crippen molar-refractivity contribution in [1.82, 2.24) is 0 Å². The molecule has 1 spiro atoms. The van der Waals surface area contributed by atoms with Crippen molar-refractivity contribution in [2.75, 3.05) is 55.4 Å². The number of quaternary nitrogens is 2. The topological polar surface area (TPSA) is 0 Å². The molecule has 3 aliphatic rings. The zero-order valence-electron chi connectivity index (χ0n) is 52.6. The Balaban J connectivity index is 0.951. The van der Waals surface area contributed by atoms with Crippen molar-refractivity contribution in [1.29, 1.82) is 0 Å². The summed E-state index contributed by atoms with van der Waals surface area (Å²) in [6.07, 6.45) is 20.1. The van der Waals surface area contributed by atoms with Crippen molar-refractivity contribution in [2.24, 2.45) is 0 Å². The van der Waals surface area contributed by atoms with E-state index >= 15 is 35.1 Å². The quantitative estimate of drug-likeness (QED) is 0.0232. The van der Waals surface area contributed by atoms with Crippen molar-refractivity contribution < 1.29 is 44.1 Å². The van der Waals surface area contributed by atoms with Gasteiger partial charge in [-0.3, -0.25) is 0 Å². The second-order valence-electron chi connectivity index (χ2n) is 27.7. The number of hydrogen-bond acceptors (Lipinski definition) is 0. The molecule has 8 aromatic carbocycles. The molecule has 88 heavy (non-hydrogen) atoms. The Hall–Kier alpha value is -6.88. The molecule has 10 heteroatoms. The first-order valence-electron chi connectivity index (χ1n) is 32.1. The van der Waals surface area contributed by atoms with Crippen LogP contribution in [-0.4, -0.2) is 64.3 Å². The van der Waals surface area contributed by atoms with Crippen molar-refractivity contribution in [3.63, 3.8) is 0 Å². The molecule has 1 atom stereocenters. The van der Waals surface area contributed by atoms with E-state index in [9.17, 15) is 0 Å². The maximum atomic E-state index is 17.5. The Morgan fingerprint density at radius 1 is 0.295 bits per heavy atom. The van der Waals surface area contributed by atoms with Crippen molar-refractivity contribution in [2.45, 2.75) is 140 Å². The van der Waals surface area contributed by atoms with Crippen LogP contribution < -0.4 is 0 Å². The van der Waals surface area contributed by atoms with E-state index in [0.29, 0.717) is 22.3 Å². The van der Waals surface area contributed by atoms with Gasteiger partial charge in [-0.25, -0.2) is 35.1 Å². The van der Waals surface area contributed by atoms with Gasteiger partial charge in [-0.1, -0.05) is 186 Å². The molecule has 0 fully saturated rings. The molecule has 0 saturated heterocycles. The van der Waals surface area contributed by atoms with Crippen LogP contribution in [-0.2, 0) is 10.8 Å². The van der Waals surface area contributed by atoms with E-state index in [0.717, 1.165) is 112 Å². The lowest BCUT2D eigenvalue weighted by Crippen LogP contribution is -2.35. The van der Waals surface area contributed by atoms with Gasteiger partial charge >= 0.3 is 0 Å². The van der Waals surface area contributed by atoms with Gasteiger partial charge in [0.2, 0.25) is 0 Å². The largest absolute Gasteiger partial charge is 0.331 e. The number of aryl methyl sites for hydroxylation is 1.